The van der Waals surface area contributed by atoms with Gasteiger partial charge in [0.25, 0.3) is 0 Å². The Morgan fingerprint density at radius 1 is 1.15 bits per heavy atom. The molecule has 9 nitrogen and oxygen atoms in total. The van der Waals surface area contributed by atoms with Crippen molar-refractivity contribution in [3.05, 3.63) is 24.0 Å². The van der Waals surface area contributed by atoms with E-state index >= 15 is 0 Å². The van der Waals surface area contributed by atoms with Gasteiger partial charge in [-0.1, -0.05) is 0 Å². The number of esters is 1. The molecule has 33 heavy (non-hydrogen) atoms. The van der Waals surface area contributed by atoms with Crippen LogP contribution in [0.25, 0.3) is 0 Å². The van der Waals surface area contributed by atoms with Gasteiger partial charge in [0.1, 0.15) is 24.6 Å². The highest BCUT2D eigenvalue weighted by Gasteiger charge is 2.23. The number of likely N-dealkylation sites (tertiary alicyclic amines) is 1. The first-order chi connectivity index (χ1) is 15.7. The lowest BCUT2D eigenvalue weighted by Crippen LogP contribution is -2.31. The summed E-state index contributed by atoms with van der Waals surface area (Å²) < 4.78 is 21.7. The summed E-state index contributed by atoms with van der Waals surface area (Å²) in [5, 5.41) is 2.76. The van der Waals surface area contributed by atoms with E-state index < -0.39 is 5.60 Å². The van der Waals surface area contributed by atoms with Gasteiger partial charge in [-0.2, -0.15) is 0 Å². The van der Waals surface area contributed by atoms with Crippen LogP contribution in [0.1, 0.15) is 58.1 Å². The van der Waals surface area contributed by atoms with Gasteiger partial charge in [-0.3, -0.25) is 19.5 Å². The van der Waals surface area contributed by atoms with E-state index in [0.29, 0.717) is 57.6 Å². The molecule has 9 heteroatoms. The molecule has 0 radical (unpaired) electrons. The van der Waals surface area contributed by atoms with Gasteiger partial charge in [0.05, 0.1) is 26.0 Å². The zero-order chi connectivity index (χ0) is 24.1. The second kappa shape index (κ2) is 14.1. The predicted octanol–water partition coefficient (Wildman–Crippen LogP) is 2.50. The third kappa shape index (κ3) is 11.5. The minimum atomic E-state index is -0.465. The number of carbonyl (C=O) groups excluding carboxylic acids is 2. The van der Waals surface area contributed by atoms with E-state index in [1.165, 1.54) is 6.42 Å². The lowest BCUT2D eigenvalue weighted by molar-refractivity contribution is -0.155. The zero-order valence-electron chi connectivity index (χ0n) is 20.4. The fourth-order valence-corrected chi connectivity index (χ4v) is 3.53. The summed E-state index contributed by atoms with van der Waals surface area (Å²) in [6, 6.07) is 2.42. The molecule has 186 valence electrons. The van der Waals surface area contributed by atoms with Crippen molar-refractivity contribution < 1.29 is 28.5 Å². The Kier molecular flexibility index (Phi) is 11.6. The molecule has 0 bridgehead atoms. The maximum Gasteiger partial charge on any atom is 0.306 e. The second-order valence-electron chi connectivity index (χ2n) is 9.15. The van der Waals surface area contributed by atoms with Gasteiger partial charge < -0.3 is 24.3 Å². The molecule has 2 heterocycles. The number of carbonyl (C=O) groups is 2. The molecule has 0 aliphatic carbocycles. The summed E-state index contributed by atoms with van der Waals surface area (Å²) >= 11 is 0. The van der Waals surface area contributed by atoms with Gasteiger partial charge in [0.15, 0.2) is 0 Å². The van der Waals surface area contributed by atoms with Crippen LogP contribution >= 0.6 is 0 Å². The fraction of sp³-hybridized carbons (Fsp3) is 0.708. The Bertz CT molecular complexity index is 737. The molecule has 1 aliphatic rings. The minimum absolute atomic E-state index is 0.0354. The molecule has 1 amide bonds. The van der Waals surface area contributed by atoms with Crippen LogP contribution in [0.2, 0.25) is 0 Å². The number of pyridine rings is 1. The van der Waals surface area contributed by atoms with Crippen LogP contribution in [0, 0.1) is 0 Å². The quantitative estimate of drug-likeness (QED) is 0.331. The summed E-state index contributed by atoms with van der Waals surface area (Å²) in [6.45, 7) is 8.45. The highest BCUT2D eigenvalue weighted by molar-refractivity contribution is 5.77. The van der Waals surface area contributed by atoms with Gasteiger partial charge in [0, 0.05) is 25.3 Å². The molecule has 0 aromatic carbocycles. The van der Waals surface area contributed by atoms with E-state index in [0.717, 1.165) is 18.5 Å². The first-order valence-electron chi connectivity index (χ1n) is 11.7. The zero-order valence-corrected chi connectivity index (χ0v) is 20.4. The standard InChI is InChI=1S/C24H39N3O6/c1-24(2,3)33-23(29)8-6-11-30-13-14-31-18-22(28)26-9-12-32-20-15-19(16-25-17-20)21-7-5-10-27(21)4/h15-17,21H,5-14,18H2,1-4H3,(H,26,28)/t21-/m0/s1. The molecule has 1 atom stereocenters. The molecular formula is C24H39N3O6. The number of hydrogen-bond donors (Lipinski definition) is 1. The Morgan fingerprint density at radius 2 is 1.94 bits per heavy atom. The number of nitrogens with one attached hydrogen (secondary N) is 1. The lowest BCUT2D eigenvalue weighted by Gasteiger charge is -2.19. The topological polar surface area (TPSA) is 99.2 Å². The van der Waals surface area contributed by atoms with Crippen molar-refractivity contribution in [2.45, 2.75) is 58.1 Å². The molecule has 2 rings (SSSR count). The van der Waals surface area contributed by atoms with Gasteiger partial charge in [0.2, 0.25) is 5.91 Å². The molecule has 1 fully saturated rings. The lowest BCUT2D eigenvalue weighted by atomic mass is 10.1. The summed E-state index contributed by atoms with van der Waals surface area (Å²) in [4.78, 5) is 30.0. The monoisotopic (exact) mass is 465 g/mol. The van der Waals surface area contributed by atoms with Crippen LogP contribution in [0.15, 0.2) is 18.5 Å². The van der Waals surface area contributed by atoms with Crippen LogP contribution < -0.4 is 10.1 Å². The number of rotatable bonds is 14. The number of amides is 1. The molecule has 0 saturated carbocycles. The third-order valence-corrected chi connectivity index (χ3v) is 5.03. The second-order valence-corrected chi connectivity index (χ2v) is 9.15. The smallest absolute Gasteiger partial charge is 0.306 e. The Hall–Kier alpha value is -2.23. The van der Waals surface area contributed by atoms with Crippen LogP contribution in [-0.4, -0.2) is 80.5 Å². The molecule has 0 spiro atoms. The van der Waals surface area contributed by atoms with E-state index in [2.05, 4.69) is 22.2 Å². The van der Waals surface area contributed by atoms with Crippen molar-refractivity contribution in [2.24, 2.45) is 0 Å². The van der Waals surface area contributed by atoms with E-state index in [4.69, 9.17) is 18.9 Å². The molecule has 1 aliphatic heterocycles. The van der Waals surface area contributed by atoms with Crippen LogP contribution in [0.3, 0.4) is 0 Å². The SMILES string of the molecule is CN1CCC[C@H]1c1cncc(OCCNC(=O)COCCOCCCC(=O)OC(C)(C)C)c1. The summed E-state index contributed by atoms with van der Waals surface area (Å²) in [5.41, 5.74) is 0.699. The van der Waals surface area contributed by atoms with E-state index in [9.17, 15) is 9.59 Å². The van der Waals surface area contributed by atoms with Gasteiger partial charge in [-0.15, -0.1) is 0 Å². The molecule has 0 unspecified atom stereocenters. The maximum atomic E-state index is 11.8. The molecule has 1 N–H and O–H groups in total. The van der Waals surface area contributed by atoms with Crippen LogP contribution in [0.5, 0.6) is 5.75 Å². The highest BCUT2D eigenvalue weighted by atomic mass is 16.6. The Labute approximate surface area is 197 Å². The minimum Gasteiger partial charge on any atom is -0.490 e. The molecule has 1 saturated heterocycles. The number of hydrogen-bond acceptors (Lipinski definition) is 8. The summed E-state index contributed by atoms with van der Waals surface area (Å²) in [5.74, 6) is 0.276. The first kappa shape index (κ1) is 27.0. The Morgan fingerprint density at radius 3 is 2.67 bits per heavy atom. The predicted molar refractivity (Wildman–Crippen MR) is 124 cm³/mol. The molecular weight excluding hydrogens is 426 g/mol. The number of nitrogens with zero attached hydrogens (tertiary/aromatic N) is 2. The number of ether oxygens (including phenoxy) is 4. The third-order valence-electron chi connectivity index (χ3n) is 5.03. The van der Waals surface area contributed by atoms with Crippen molar-refractivity contribution in [2.75, 3.05) is 53.2 Å². The highest BCUT2D eigenvalue weighted by Crippen LogP contribution is 2.31. The van der Waals surface area contributed by atoms with Crippen molar-refractivity contribution in [1.29, 1.82) is 0 Å². The van der Waals surface area contributed by atoms with Crippen molar-refractivity contribution in [3.8, 4) is 5.75 Å². The fourth-order valence-electron chi connectivity index (χ4n) is 3.53. The summed E-state index contributed by atoms with van der Waals surface area (Å²) in [6.07, 6.45) is 6.82. The van der Waals surface area contributed by atoms with Crippen LogP contribution in [-0.2, 0) is 23.8 Å². The molecule has 1 aromatic heterocycles. The van der Waals surface area contributed by atoms with Gasteiger partial charge in [-0.05, 0) is 65.3 Å². The van der Waals surface area contributed by atoms with Crippen molar-refractivity contribution >= 4 is 11.9 Å². The van der Waals surface area contributed by atoms with Crippen molar-refractivity contribution in [3.63, 3.8) is 0 Å². The largest absolute Gasteiger partial charge is 0.490 e. The normalized spacial score (nSPS) is 16.5. The van der Waals surface area contributed by atoms with Crippen LogP contribution in [0.4, 0.5) is 0 Å². The van der Waals surface area contributed by atoms with Gasteiger partial charge >= 0.3 is 5.97 Å². The maximum absolute atomic E-state index is 11.8. The molecule has 1 aromatic rings. The number of aromatic nitrogens is 1. The van der Waals surface area contributed by atoms with E-state index in [-0.39, 0.29) is 18.5 Å². The average Bonchev–Trinajstić information content (AvgIpc) is 3.18. The first-order valence-corrected chi connectivity index (χ1v) is 11.7. The van der Waals surface area contributed by atoms with Crippen molar-refractivity contribution in [1.82, 2.24) is 15.2 Å². The Balaban J connectivity index is 1.46. The average molecular weight is 466 g/mol. The van der Waals surface area contributed by atoms with E-state index in [1.54, 1.807) is 6.20 Å². The van der Waals surface area contributed by atoms with Gasteiger partial charge in [-0.25, -0.2) is 0 Å². The summed E-state index contributed by atoms with van der Waals surface area (Å²) in [7, 11) is 2.13. The van der Waals surface area contributed by atoms with E-state index in [1.807, 2.05) is 33.0 Å².